The number of hydrogen-bond donors (Lipinski definition) is 0. The van der Waals surface area contributed by atoms with Gasteiger partial charge in [0.15, 0.2) is 0 Å². The molecule has 0 saturated heterocycles. The minimum absolute atomic E-state index is 0.282. The van der Waals surface area contributed by atoms with Crippen LogP contribution in [0, 0.1) is 0 Å². The lowest BCUT2D eigenvalue weighted by molar-refractivity contribution is 0.660. The Bertz CT molecular complexity index is 4790. The summed E-state index contributed by atoms with van der Waals surface area (Å²) in [6.45, 7) is 4.81. The van der Waals surface area contributed by atoms with Gasteiger partial charge in [-0.25, -0.2) is 0 Å². The molecular weight excluding hydrogens is 933 g/mol. The Morgan fingerprint density at radius 2 is 0.675 bits per heavy atom. The molecule has 0 spiro atoms. The van der Waals surface area contributed by atoms with E-state index >= 15 is 0 Å². The van der Waals surface area contributed by atoms with Gasteiger partial charge in [0, 0.05) is 71.6 Å². The van der Waals surface area contributed by atoms with E-state index < -0.39 is 0 Å². The van der Waals surface area contributed by atoms with Gasteiger partial charge in [0.2, 0.25) is 0 Å². The number of anilines is 3. The average Bonchev–Trinajstić information content (AvgIpc) is 4.20. The largest absolute Gasteiger partial charge is 0.310 e. The first kappa shape index (κ1) is 43.5. The van der Waals surface area contributed by atoms with E-state index in [1.54, 1.807) is 0 Å². The van der Waals surface area contributed by atoms with E-state index in [1.165, 1.54) is 115 Å². The molecule has 0 radical (unpaired) electrons. The van der Waals surface area contributed by atoms with Crippen LogP contribution < -0.4 is 4.90 Å². The van der Waals surface area contributed by atoms with E-state index in [0.29, 0.717) is 0 Å². The van der Waals surface area contributed by atoms with Crippen LogP contribution >= 0.6 is 0 Å². The Morgan fingerprint density at radius 3 is 1.25 bits per heavy atom. The molecule has 0 N–H and O–H groups in total. The fraction of sp³-hybridized carbons (Fsp3) is 0.0411. The summed E-state index contributed by atoms with van der Waals surface area (Å²) in [5.74, 6) is 0. The quantitative estimate of drug-likeness (QED) is 0.156. The van der Waals surface area contributed by atoms with E-state index in [4.69, 9.17) is 0 Å². The summed E-state index contributed by atoms with van der Waals surface area (Å²) in [5, 5.41) is 9.92. The zero-order chi connectivity index (χ0) is 50.9. The Labute approximate surface area is 446 Å². The predicted octanol–water partition coefficient (Wildman–Crippen LogP) is 19.6. The molecule has 362 valence electrons. The third-order valence-corrected chi connectivity index (χ3v) is 16.8. The first-order valence-electron chi connectivity index (χ1n) is 26.8. The van der Waals surface area contributed by atoms with Crippen molar-refractivity contribution in [1.29, 1.82) is 0 Å². The topological polar surface area (TPSA) is 18.0 Å². The van der Waals surface area contributed by atoms with E-state index in [1.807, 2.05) is 0 Å². The summed E-state index contributed by atoms with van der Waals surface area (Å²) in [7, 11) is 0. The minimum Gasteiger partial charge on any atom is -0.310 e. The number of aromatic nitrogens is 3. The molecule has 0 bridgehead atoms. The molecule has 1 aliphatic rings. The smallest absolute Gasteiger partial charge is 0.0541 e. The van der Waals surface area contributed by atoms with Gasteiger partial charge in [-0.15, -0.1) is 0 Å². The fourth-order valence-electron chi connectivity index (χ4n) is 13.3. The van der Waals surface area contributed by atoms with Crippen molar-refractivity contribution >= 4 is 93.3 Å². The van der Waals surface area contributed by atoms with Crippen molar-refractivity contribution in [2.75, 3.05) is 4.90 Å². The van der Waals surface area contributed by atoms with Crippen LogP contribution in [0.2, 0.25) is 0 Å². The van der Waals surface area contributed by atoms with Gasteiger partial charge in [-0.3, -0.25) is 0 Å². The lowest BCUT2D eigenvalue weighted by atomic mass is 9.82. The zero-order valence-corrected chi connectivity index (χ0v) is 42.7. The number of hydrogen-bond acceptors (Lipinski definition) is 1. The van der Waals surface area contributed by atoms with Gasteiger partial charge in [-0.05, 0) is 148 Å². The maximum absolute atomic E-state index is 2.49. The zero-order valence-electron chi connectivity index (χ0n) is 42.7. The predicted molar refractivity (Wildman–Crippen MR) is 325 cm³/mol. The molecule has 0 amide bonds. The van der Waals surface area contributed by atoms with Gasteiger partial charge in [-0.2, -0.15) is 0 Å². The molecule has 77 heavy (non-hydrogen) atoms. The highest BCUT2D eigenvalue weighted by Crippen LogP contribution is 2.53. The van der Waals surface area contributed by atoms with Crippen LogP contribution in [0.5, 0.6) is 0 Å². The SMILES string of the molecule is CC1(C)c2cc(N(c3ccc(-n4c5ccccc5c5ccccc54)cc3)c3ccc(-c4ccc5c(c4)c4ccccc4n5-c4ccccc4)c4ccccc34)ccc2-c2ccc(-n3c4ccccc4c4ccccc43)cc21. The Balaban J connectivity index is 0.862. The van der Waals surface area contributed by atoms with Crippen LogP contribution in [0.25, 0.3) is 116 Å². The van der Waals surface area contributed by atoms with E-state index in [-0.39, 0.29) is 5.41 Å². The van der Waals surface area contributed by atoms with Crippen molar-refractivity contribution in [2.45, 2.75) is 19.3 Å². The second-order valence-electron chi connectivity index (χ2n) is 21.3. The van der Waals surface area contributed by atoms with E-state index in [9.17, 15) is 0 Å². The third-order valence-electron chi connectivity index (χ3n) is 16.8. The summed E-state index contributed by atoms with van der Waals surface area (Å²) in [4.78, 5) is 2.49. The number of benzene rings is 12. The maximum Gasteiger partial charge on any atom is 0.0541 e. The van der Waals surface area contributed by atoms with E-state index in [0.717, 1.165) is 28.4 Å². The van der Waals surface area contributed by atoms with Gasteiger partial charge < -0.3 is 18.6 Å². The molecule has 4 nitrogen and oxygen atoms in total. The monoisotopic (exact) mass is 982 g/mol. The molecule has 1 aliphatic carbocycles. The summed E-state index contributed by atoms with van der Waals surface area (Å²) in [6.07, 6.45) is 0. The van der Waals surface area contributed by atoms with Crippen molar-refractivity contribution in [3.8, 4) is 39.3 Å². The summed E-state index contributed by atoms with van der Waals surface area (Å²) < 4.78 is 7.23. The highest BCUT2D eigenvalue weighted by Gasteiger charge is 2.37. The lowest BCUT2D eigenvalue weighted by Crippen LogP contribution is -2.17. The lowest BCUT2D eigenvalue weighted by Gasteiger charge is -2.29. The standard InChI is InChI=1S/C73H50N4/c1-73(2)64-45-51(37-39-55(64)56-40-38-52(46-65(56)73)77-68-29-15-10-24-60(68)61-25-11-16-30-69(61)77)74(49-33-35-50(36-34-49)76-66-27-13-8-22-58(66)59-23-9-14-28-67(59)76)71-43-41-53(54-20-6-7-21-57(54)71)47-32-42-72-63(44-47)62-26-12-17-31-70(62)75(72)48-18-4-3-5-19-48/h3-46H,1-2H3. The highest BCUT2D eigenvalue weighted by atomic mass is 15.1. The van der Waals surface area contributed by atoms with Crippen molar-refractivity contribution in [3.05, 3.63) is 278 Å². The van der Waals surface area contributed by atoms with Gasteiger partial charge in [0.1, 0.15) is 0 Å². The van der Waals surface area contributed by atoms with Crippen LogP contribution in [-0.2, 0) is 5.41 Å². The van der Waals surface area contributed by atoms with Crippen LogP contribution in [0.3, 0.4) is 0 Å². The van der Waals surface area contributed by atoms with Crippen molar-refractivity contribution in [2.24, 2.45) is 0 Å². The van der Waals surface area contributed by atoms with Crippen LogP contribution in [0.1, 0.15) is 25.0 Å². The van der Waals surface area contributed by atoms with Crippen LogP contribution in [0.15, 0.2) is 267 Å². The normalized spacial score (nSPS) is 12.9. The summed E-state index contributed by atoms with van der Waals surface area (Å²) in [6, 6.07) is 98.8. The summed E-state index contributed by atoms with van der Waals surface area (Å²) in [5.41, 5.74) is 21.4. The molecule has 12 aromatic carbocycles. The van der Waals surface area contributed by atoms with E-state index in [2.05, 4.69) is 299 Å². The van der Waals surface area contributed by atoms with Gasteiger partial charge in [0.05, 0.1) is 38.8 Å². The van der Waals surface area contributed by atoms with Crippen molar-refractivity contribution in [3.63, 3.8) is 0 Å². The molecule has 0 atom stereocenters. The molecule has 0 saturated carbocycles. The molecule has 15 aromatic rings. The van der Waals surface area contributed by atoms with Crippen LogP contribution in [-0.4, -0.2) is 13.7 Å². The number of nitrogens with zero attached hydrogens (tertiary/aromatic N) is 4. The molecule has 0 unspecified atom stereocenters. The third kappa shape index (κ3) is 6.39. The minimum atomic E-state index is -0.282. The van der Waals surface area contributed by atoms with Gasteiger partial charge in [-0.1, -0.05) is 172 Å². The molecule has 0 aliphatic heterocycles. The molecule has 4 heteroatoms. The molecule has 16 rings (SSSR count). The number of para-hydroxylation sites is 6. The van der Waals surface area contributed by atoms with Crippen molar-refractivity contribution < 1.29 is 0 Å². The fourth-order valence-corrected chi connectivity index (χ4v) is 13.3. The Kier molecular flexibility index (Phi) is 9.35. The van der Waals surface area contributed by atoms with Crippen LogP contribution in [0.4, 0.5) is 17.1 Å². The van der Waals surface area contributed by atoms with Gasteiger partial charge >= 0.3 is 0 Å². The Morgan fingerprint density at radius 1 is 0.273 bits per heavy atom. The maximum atomic E-state index is 2.49. The van der Waals surface area contributed by atoms with Gasteiger partial charge in [0.25, 0.3) is 0 Å². The number of fused-ring (bicyclic) bond motifs is 13. The molecular formula is C73H50N4. The highest BCUT2D eigenvalue weighted by molar-refractivity contribution is 6.14. The molecule has 3 aromatic heterocycles. The Hall–Kier alpha value is -9.90. The first-order valence-corrected chi connectivity index (χ1v) is 26.8. The second kappa shape index (κ2) is 16.6. The molecule has 3 heterocycles. The first-order chi connectivity index (χ1) is 38.0. The number of rotatable bonds is 7. The average molecular weight is 983 g/mol. The second-order valence-corrected chi connectivity index (χ2v) is 21.3. The van der Waals surface area contributed by atoms with Crippen molar-refractivity contribution in [1.82, 2.24) is 13.7 Å². The summed E-state index contributed by atoms with van der Waals surface area (Å²) >= 11 is 0. The molecule has 0 fully saturated rings.